The first-order chi connectivity index (χ1) is 14.2. The Bertz CT molecular complexity index is 1140. The van der Waals surface area contributed by atoms with Gasteiger partial charge in [-0.25, -0.2) is 18.0 Å². The van der Waals surface area contributed by atoms with Crippen LogP contribution in [0.25, 0.3) is 22.3 Å². The van der Waals surface area contributed by atoms with Gasteiger partial charge < -0.3 is 15.8 Å². The Morgan fingerprint density at radius 3 is 2.30 bits per heavy atom. The van der Waals surface area contributed by atoms with E-state index in [1.807, 2.05) is 0 Å². The van der Waals surface area contributed by atoms with Gasteiger partial charge in [0.1, 0.15) is 13.7 Å². The van der Waals surface area contributed by atoms with Gasteiger partial charge in [-0.1, -0.05) is 29.8 Å². The summed E-state index contributed by atoms with van der Waals surface area (Å²) in [7, 11) is 4.09. The SMILES string of the molecule is Bc1c(F)c(-c2cc(N)c(NC)c(C(=O)OC)c2)c(F)c(F)c1-c1cccc(C)c1. The number of nitrogens with one attached hydrogen (secondary N) is 1. The van der Waals surface area contributed by atoms with E-state index in [1.54, 1.807) is 38.2 Å². The maximum atomic E-state index is 15.3. The number of hydrogen-bond acceptors (Lipinski definition) is 4. The third kappa shape index (κ3) is 3.49. The highest BCUT2D eigenvalue weighted by atomic mass is 19.2. The molecule has 3 rings (SSSR count). The summed E-state index contributed by atoms with van der Waals surface area (Å²) >= 11 is 0. The highest BCUT2D eigenvalue weighted by Gasteiger charge is 2.26. The lowest BCUT2D eigenvalue weighted by atomic mass is 9.82. The number of carbonyl (C=O) groups excluding carboxylic acids is 1. The van der Waals surface area contributed by atoms with Gasteiger partial charge in [-0.2, -0.15) is 0 Å². The lowest BCUT2D eigenvalue weighted by molar-refractivity contribution is 0.0602. The lowest BCUT2D eigenvalue weighted by Gasteiger charge is -2.17. The van der Waals surface area contributed by atoms with Gasteiger partial charge in [0.15, 0.2) is 11.6 Å². The van der Waals surface area contributed by atoms with Gasteiger partial charge in [0.2, 0.25) is 0 Å². The van der Waals surface area contributed by atoms with Crippen molar-refractivity contribution in [2.75, 3.05) is 25.2 Å². The molecule has 0 heterocycles. The van der Waals surface area contributed by atoms with Gasteiger partial charge in [0.25, 0.3) is 0 Å². The van der Waals surface area contributed by atoms with E-state index in [-0.39, 0.29) is 33.5 Å². The Morgan fingerprint density at radius 2 is 1.70 bits per heavy atom. The number of hydrogen-bond donors (Lipinski definition) is 2. The van der Waals surface area contributed by atoms with Crippen molar-refractivity contribution in [3.8, 4) is 22.3 Å². The number of nitrogen functional groups attached to an aromatic ring is 1. The Labute approximate surface area is 173 Å². The normalized spacial score (nSPS) is 10.7. The Morgan fingerprint density at radius 1 is 1.03 bits per heavy atom. The minimum Gasteiger partial charge on any atom is -0.465 e. The van der Waals surface area contributed by atoms with Gasteiger partial charge in [-0.3, -0.25) is 0 Å². The fraction of sp³-hybridized carbons (Fsp3) is 0.136. The van der Waals surface area contributed by atoms with Crippen molar-refractivity contribution < 1.29 is 22.7 Å². The van der Waals surface area contributed by atoms with Crippen LogP contribution in [0.4, 0.5) is 24.5 Å². The average Bonchev–Trinajstić information content (AvgIpc) is 2.71. The summed E-state index contributed by atoms with van der Waals surface area (Å²) in [5.74, 6) is -4.22. The summed E-state index contributed by atoms with van der Waals surface area (Å²) in [4.78, 5) is 12.1. The first-order valence-electron chi connectivity index (χ1n) is 9.15. The van der Waals surface area contributed by atoms with E-state index in [1.165, 1.54) is 27.1 Å². The van der Waals surface area contributed by atoms with Crippen LogP contribution < -0.4 is 16.5 Å². The third-order valence-corrected chi connectivity index (χ3v) is 4.98. The van der Waals surface area contributed by atoms with Gasteiger partial charge in [0, 0.05) is 12.6 Å². The van der Waals surface area contributed by atoms with Crippen molar-refractivity contribution in [1.82, 2.24) is 0 Å². The molecule has 3 aromatic rings. The lowest BCUT2D eigenvalue weighted by Crippen LogP contribution is -2.19. The van der Waals surface area contributed by atoms with Gasteiger partial charge in [-0.15, -0.1) is 0 Å². The molecule has 3 N–H and O–H groups in total. The van der Waals surface area contributed by atoms with Crippen LogP contribution in [0, 0.1) is 24.4 Å². The van der Waals surface area contributed by atoms with Crippen molar-refractivity contribution in [1.29, 1.82) is 0 Å². The molecule has 0 aliphatic carbocycles. The molecule has 4 nitrogen and oxygen atoms in total. The molecule has 0 fully saturated rings. The molecule has 0 bridgehead atoms. The summed E-state index contributed by atoms with van der Waals surface area (Å²) in [5.41, 5.74) is 6.60. The Balaban J connectivity index is 2.31. The summed E-state index contributed by atoms with van der Waals surface area (Å²) in [6.07, 6.45) is 0. The van der Waals surface area contributed by atoms with E-state index in [4.69, 9.17) is 10.5 Å². The second kappa shape index (κ2) is 8.14. The zero-order valence-electron chi connectivity index (χ0n) is 17.0. The molecule has 0 aliphatic rings. The highest BCUT2D eigenvalue weighted by molar-refractivity contribution is 6.36. The van der Waals surface area contributed by atoms with Gasteiger partial charge in [-0.05, 0) is 35.6 Å². The minimum absolute atomic E-state index is 0.0189. The molecule has 0 saturated carbocycles. The quantitative estimate of drug-likeness (QED) is 0.299. The molecule has 0 atom stereocenters. The molecule has 8 heteroatoms. The van der Waals surface area contributed by atoms with E-state index in [0.29, 0.717) is 5.56 Å². The molecule has 0 unspecified atom stereocenters. The number of rotatable bonds is 4. The molecular weight excluding hydrogens is 392 g/mol. The predicted molar refractivity (Wildman–Crippen MR) is 115 cm³/mol. The zero-order valence-corrected chi connectivity index (χ0v) is 17.0. The first-order valence-corrected chi connectivity index (χ1v) is 9.15. The van der Waals surface area contributed by atoms with Crippen LogP contribution in [-0.2, 0) is 4.74 Å². The second-order valence-electron chi connectivity index (χ2n) is 6.92. The number of ether oxygens (including phenoxy) is 1. The first kappa shape index (κ1) is 21.3. The standard InChI is InChI=1S/C22H20BF3N2O2/c1-10-5-4-6-11(7-10)15-17(23)18(24)16(20(26)19(15)25)12-8-13(22(29)30-3)21(28-2)14(27)9-12/h4-9,28H,23,27H2,1-3H3. The number of benzene rings is 3. The number of halogens is 3. The van der Waals surface area contributed by atoms with Crippen LogP contribution in [0.5, 0.6) is 0 Å². The fourth-order valence-corrected chi connectivity index (χ4v) is 3.53. The molecule has 0 aromatic heterocycles. The number of aryl methyl sites for hydroxylation is 1. The molecule has 3 aromatic carbocycles. The maximum absolute atomic E-state index is 15.3. The van der Waals surface area contributed by atoms with Crippen LogP contribution in [0.2, 0.25) is 0 Å². The number of nitrogens with two attached hydrogens (primary N) is 1. The predicted octanol–water partition coefficient (Wildman–Crippen LogP) is 3.42. The van der Waals surface area contributed by atoms with Crippen LogP contribution in [0.1, 0.15) is 15.9 Å². The van der Waals surface area contributed by atoms with Crippen LogP contribution >= 0.6 is 0 Å². The van der Waals surface area contributed by atoms with Gasteiger partial charge >= 0.3 is 5.97 Å². The van der Waals surface area contributed by atoms with Crippen LogP contribution in [0.15, 0.2) is 36.4 Å². The van der Waals surface area contributed by atoms with Crippen molar-refractivity contribution in [3.05, 3.63) is 65.0 Å². The highest BCUT2D eigenvalue weighted by Crippen LogP contribution is 2.36. The number of carbonyl (C=O) groups is 1. The van der Waals surface area contributed by atoms with Crippen LogP contribution in [0.3, 0.4) is 0 Å². The molecule has 0 radical (unpaired) electrons. The summed E-state index contributed by atoms with van der Waals surface area (Å²) < 4.78 is 50.3. The van der Waals surface area contributed by atoms with Crippen molar-refractivity contribution in [3.63, 3.8) is 0 Å². The monoisotopic (exact) mass is 412 g/mol. The molecule has 0 aliphatic heterocycles. The zero-order chi connectivity index (χ0) is 22.2. The smallest absolute Gasteiger partial charge is 0.340 e. The molecule has 0 amide bonds. The van der Waals surface area contributed by atoms with E-state index >= 15 is 13.2 Å². The second-order valence-corrected chi connectivity index (χ2v) is 6.92. The maximum Gasteiger partial charge on any atom is 0.340 e. The van der Waals surface area contributed by atoms with Crippen LogP contribution in [-0.4, -0.2) is 28.0 Å². The number of esters is 1. The third-order valence-electron chi connectivity index (χ3n) is 4.98. The minimum atomic E-state index is -1.36. The van der Waals surface area contributed by atoms with Crippen molar-refractivity contribution >= 4 is 30.7 Å². The van der Waals surface area contributed by atoms with E-state index < -0.39 is 29.0 Å². The summed E-state index contributed by atoms with van der Waals surface area (Å²) in [5, 5.41) is 2.76. The van der Waals surface area contributed by atoms with E-state index in [2.05, 4.69) is 5.32 Å². The Kier molecular flexibility index (Phi) is 5.78. The number of methoxy groups -OCH3 is 1. The Hall–Kier alpha value is -3.42. The molecule has 0 saturated heterocycles. The summed E-state index contributed by atoms with van der Waals surface area (Å²) in [6.45, 7) is 1.80. The number of anilines is 2. The largest absolute Gasteiger partial charge is 0.465 e. The van der Waals surface area contributed by atoms with Crippen molar-refractivity contribution in [2.24, 2.45) is 0 Å². The molecule has 154 valence electrons. The van der Waals surface area contributed by atoms with Crippen molar-refractivity contribution in [2.45, 2.75) is 6.92 Å². The summed E-state index contributed by atoms with van der Waals surface area (Å²) in [6, 6.07) is 9.24. The molecular formula is C22H20BF3N2O2. The molecule has 0 spiro atoms. The fourth-order valence-electron chi connectivity index (χ4n) is 3.53. The topological polar surface area (TPSA) is 64.3 Å². The molecule has 30 heavy (non-hydrogen) atoms. The van der Waals surface area contributed by atoms with E-state index in [0.717, 1.165) is 5.56 Å². The van der Waals surface area contributed by atoms with Gasteiger partial charge in [0.05, 0.1) is 29.6 Å². The van der Waals surface area contributed by atoms with E-state index in [9.17, 15) is 4.79 Å². The average molecular weight is 412 g/mol.